The van der Waals surface area contributed by atoms with Gasteiger partial charge in [-0.05, 0) is 53.5 Å². The molecule has 0 aliphatic heterocycles. The van der Waals surface area contributed by atoms with Gasteiger partial charge in [0, 0.05) is 6.20 Å². The minimum absolute atomic E-state index is 0.307. The Morgan fingerprint density at radius 2 is 1.89 bits per heavy atom. The molecule has 0 saturated carbocycles. The highest BCUT2D eigenvalue weighted by atomic mass is 127. The molecule has 0 spiro atoms. The molecule has 0 fully saturated rings. The van der Waals surface area contributed by atoms with Crippen molar-refractivity contribution in [2.24, 2.45) is 0 Å². The molecule has 19 heavy (non-hydrogen) atoms. The summed E-state index contributed by atoms with van der Waals surface area (Å²) in [7, 11) is 0. The van der Waals surface area contributed by atoms with Crippen LogP contribution in [0, 0.1) is 17.4 Å². The Bertz CT molecular complexity index is 623. The van der Waals surface area contributed by atoms with E-state index in [1.165, 1.54) is 0 Å². The molecule has 2 N–H and O–H groups in total. The standard InChI is InChI=1S/C14H17IN4/c1-7(2)11-10(15)13(16)19-14(18-11)12-9(4)5-8(3)6-17-12/h5-7H,1-4H3,(H2,16,18,19). The molecule has 2 aromatic heterocycles. The molecular formula is C14H17IN4. The minimum atomic E-state index is 0.307. The van der Waals surface area contributed by atoms with Gasteiger partial charge in [0.05, 0.1) is 9.26 Å². The van der Waals surface area contributed by atoms with E-state index in [1.807, 2.05) is 20.0 Å². The molecule has 0 bridgehead atoms. The third-order valence-electron chi connectivity index (χ3n) is 2.88. The third kappa shape index (κ3) is 2.86. The molecule has 4 nitrogen and oxygen atoms in total. The number of hydrogen-bond donors (Lipinski definition) is 1. The van der Waals surface area contributed by atoms with E-state index in [0.29, 0.717) is 17.6 Å². The number of pyridine rings is 1. The molecule has 2 heterocycles. The zero-order chi connectivity index (χ0) is 14.2. The Morgan fingerprint density at radius 3 is 2.47 bits per heavy atom. The van der Waals surface area contributed by atoms with Gasteiger partial charge in [-0.3, -0.25) is 4.98 Å². The van der Waals surface area contributed by atoms with Crippen LogP contribution in [-0.2, 0) is 0 Å². The third-order valence-corrected chi connectivity index (χ3v) is 3.98. The van der Waals surface area contributed by atoms with Crippen LogP contribution in [0.1, 0.15) is 36.6 Å². The van der Waals surface area contributed by atoms with E-state index in [2.05, 4.69) is 57.5 Å². The summed E-state index contributed by atoms with van der Waals surface area (Å²) in [6.07, 6.45) is 1.83. The average molecular weight is 368 g/mol. The summed E-state index contributed by atoms with van der Waals surface area (Å²) in [5.41, 5.74) is 9.96. The van der Waals surface area contributed by atoms with Crippen LogP contribution in [-0.4, -0.2) is 15.0 Å². The van der Waals surface area contributed by atoms with Crippen LogP contribution in [0.4, 0.5) is 5.82 Å². The van der Waals surface area contributed by atoms with Crippen molar-refractivity contribution in [3.63, 3.8) is 0 Å². The van der Waals surface area contributed by atoms with Crippen molar-refractivity contribution in [3.8, 4) is 11.5 Å². The first-order valence-electron chi connectivity index (χ1n) is 6.16. The maximum absolute atomic E-state index is 5.99. The fraction of sp³-hybridized carbons (Fsp3) is 0.357. The Balaban J connectivity index is 2.63. The Labute approximate surface area is 127 Å². The number of rotatable bonds is 2. The maximum atomic E-state index is 5.99. The summed E-state index contributed by atoms with van der Waals surface area (Å²) in [6, 6.07) is 2.08. The smallest absolute Gasteiger partial charge is 0.180 e. The molecule has 0 amide bonds. The highest BCUT2D eigenvalue weighted by Crippen LogP contribution is 2.27. The summed E-state index contributed by atoms with van der Waals surface area (Å²) in [5, 5.41) is 0. The number of nitrogens with zero attached hydrogens (tertiary/aromatic N) is 3. The highest BCUT2D eigenvalue weighted by Gasteiger charge is 2.15. The van der Waals surface area contributed by atoms with Crippen LogP contribution in [0.15, 0.2) is 12.3 Å². The van der Waals surface area contributed by atoms with Crippen LogP contribution >= 0.6 is 22.6 Å². The number of nitrogen functional groups attached to an aromatic ring is 1. The number of hydrogen-bond acceptors (Lipinski definition) is 4. The Morgan fingerprint density at radius 1 is 1.21 bits per heavy atom. The van der Waals surface area contributed by atoms with Crippen molar-refractivity contribution in [3.05, 3.63) is 32.7 Å². The van der Waals surface area contributed by atoms with E-state index in [1.54, 1.807) is 0 Å². The van der Waals surface area contributed by atoms with Gasteiger partial charge in [-0.25, -0.2) is 9.97 Å². The lowest BCUT2D eigenvalue weighted by atomic mass is 10.1. The molecule has 2 aromatic rings. The molecule has 0 atom stereocenters. The number of nitrogens with two attached hydrogens (primary N) is 1. The summed E-state index contributed by atoms with van der Waals surface area (Å²) >= 11 is 2.20. The van der Waals surface area contributed by atoms with Crippen LogP contribution in [0.25, 0.3) is 11.5 Å². The van der Waals surface area contributed by atoms with Gasteiger partial charge in [0.25, 0.3) is 0 Å². The van der Waals surface area contributed by atoms with Gasteiger partial charge in [-0.15, -0.1) is 0 Å². The average Bonchev–Trinajstić information content (AvgIpc) is 2.32. The van der Waals surface area contributed by atoms with E-state index in [4.69, 9.17) is 5.73 Å². The van der Waals surface area contributed by atoms with Crippen molar-refractivity contribution >= 4 is 28.4 Å². The molecule has 0 radical (unpaired) electrons. The quantitative estimate of drug-likeness (QED) is 0.825. The first-order chi connectivity index (χ1) is 8.90. The molecule has 0 unspecified atom stereocenters. The molecular weight excluding hydrogens is 351 g/mol. The van der Waals surface area contributed by atoms with Crippen molar-refractivity contribution in [1.29, 1.82) is 0 Å². The van der Waals surface area contributed by atoms with Gasteiger partial charge < -0.3 is 5.73 Å². The molecule has 0 aliphatic carbocycles. The highest BCUT2D eigenvalue weighted by molar-refractivity contribution is 14.1. The lowest BCUT2D eigenvalue weighted by molar-refractivity contribution is 0.809. The van der Waals surface area contributed by atoms with Crippen LogP contribution in [0.2, 0.25) is 0 Å². The molecule has 0 aromatic carbocycles. The lowest BCUT2D eigenvalue weighted by Crippen LogP contribution is -2.07. The fourth-order valence-electron chi connectivity index (χ4n) is 1.92. The summed E-state index contributed by atoms with van der Waals surface area (Å²) in [5.74, 6) is 1.44. The fourth-order valence-corrected chi connectivity index (χ4v) is 2.78. The van der Waals surface area contributed by atoms with E-state index in [9.17, 15) is 0 Å². The summed E-state index contributed by atoms with van der Waals surface area (Å²) in [6.45, 7) is 8.24. The van der Waals surface area contributed by atoms with Crippen molar-refractivity contribution < 1.29 is 0 Å². The Hall–Kier alpha value is -1.24. The van der Waals surface area contributed by atoms with Gasteiger partial charge in [-0.1, -0.05) is 19.9 Å². The molecule has 5 heteroatoms. The lowest BCUT2D eigenvalue weighted by Gasteiger charge is -2.12. The second kappa shape index (κ2) is 5.40. The first-order valence-corrected chi connectivity index (χ1v) is 7.24. The van der Waals surface area contributed by atoms with E-state index in [0.717, 1.165) is 26.1 Å². The number of aryl methyl sites for hydroxylation is 2. The zero-order valence-electron chi connectivity index (χ0n) is 11.5. The number of aromatic nitrogens is 3. The second-order valence-corrected chi connectivity index (χ2v) is 6.04. The van der Waals surface area contributed by atoms with Gasteiger partial charge >= 0.3 is 0 Å². The van der Waals surface area contributed by atoms with Crippen LogP contribution < -0.4 is 5.73 Å². The van der Waals surface area contributed by atoms with E-state index >= 15 is 0 Å². The monoisotopic (exact) mass is 368 g/mol. The second-order valence-electron chi connectivity index (χ2n) is 4.96. The van der Waals surface area contributed by atoms with Gasteiger partial charge in [-0.2, -0.15) is 0 Å². The normalized spacial score (nSPS) is 11.1. The Kier molecular flexibility index (Phi) is 4.03. The number of halogens is 1. The van der Waals surface area contributed by atoms with Gasteiger partial charge in [0.1, 0.15) is 11.5 Å². The molecule has 100 valence electrons. The van der Waals surface area contributed by atoms with Gasteiger partial charge in [0.2, 0.25) is 0 Å². The van der Waals surface area contributed by atoms with E-state index in [-0.39, 0.29) is 0 Å². The largest absolute Gasteiger partial charge is 0.383 e. The zero-order valence-corrected chi connectivity index (χ0v) is 13.7. The molecule has 0 saturated heterocycles. The summed E-state index contributed by atoms with van der Waals surface area (Å²) in [4.78, 5) is 13.4. The van der Waals surface area contributed by atoms with E-state index < -0.39 is 0 Å². The number of anilines is 1. The van der Waals surface area contributed by atoms with Crippen molar-refractivity contribution in [2.75, 3.05) is 5.73 Å². The summed E-state index contributed by atoms with van der Waals surface area (Å²) < 4.78 is 0.932. The predicted molar refractivity (Wildman–Crippen MR) is 86.0 cm³/mol. The first kappa shape index (κ1) is 14.2. The van der Waals surface area contributed by atoms with Gasteiger partial charge in [0.15, 0.2) is 5.82 Å². The molecule has 0 aliphatic rings. The predicted octanol–water partition coefficient (Wildman–Crippen LogP) is 3.47. The van der Waals surface area contributed by atoms with Crippen molar-refractivity contribution in [1.82, 2.24) is 15.0 Å². The SMILES string of the molecule is Cc1cnc(-c2nc(N)c(I)c(C(C)C)n2)c(C)c1. The minimum Gasteiger partial charge on any atom is -0.383 e. The van der Waals surface area contributed by atoms with Crippen LogP contribution in [0.5, 0.6) is 0 Å². The maximum Gasteiger partial charge on any atom is 0.180 e. The van der Waals surface area contributed by atoms with Crippen LogP contribution in [0.3, 0.4) is 0 Å². The molecule has 2 rings (SSSR count). The topological polar surface area (TPSA) is 64.7 Å². The van der Waals surface area contributed by atoms with Crippen molar-refractivity contribution in [2.45, 2.75) is 33.6 Å².